The predicted octanol–water partition coefficient (Wildman–Crippen LogP) is 4.26. The molecule has 2 aromatic carbocycles. The zero-order valence-electron chi connectivity index (χ0n) is 15.3. The van der Waals surface area contributed by atoms with Crippen LogP contribution in [0.5, 0.6) is 5.75 Å². The standard InChI is InChI=1S/C20H19F5N2O2/c21-19(22)29-17-3-1-2-15(12-17)18(28)27-10-8-26(9-11-27)13-14-4-6-16(7-5-14)20(23,24)25/h1-7,12,19H,8-11,13H2. The van der Waals surface area contributed by atoms with Crippen LogP contribution in [0.4, 0.5) is 22.0 Å². The van der Waals surface area contributed by atoms with E-state index in [1.165, 1.54) is 36.4 Å². The van der Waals surface area contributed by atoms with E-state index >= 15 is 0 Å². The Balaban J connectivity index is 1.54. The smallest absolute Gasteiger partial charge is 0.416 e. The number of alkyl halides is 5. The van der Waals surface area contributed by atoms with Crippen molar-refractivity contribution in [3.05, 3.63) is 65.2 Å². The highest BCUT2D eigenvalue weighted by Gasteiger charge is 2.30. The van der Waals surface area contributed by atoms with Crippen molar-refractivity contribution < 1.29 is 31.5 Å². The van der Waals surface area contributed by atoms with Crippen LogP contribution < -0.4 is 4.74 Å². The quantitative estimate of drug-likeness (QED) is 0.686. The molecule has 2 aromatic rings. The van der Waals surface area contributed by atoms with E-state index in [9.17, 15) is 26.7 Å². The Morgan fingerprint density at radius 2 is 1.66 bits per heavy atom. The number of nitrogens with zero attached hydrogens (tertiary/aromatic N) is 2. The maximum Gasteiger partial charge on any atom is 0.416 e. The summed E-state index contributed by atoms with van der Waals surface area (Å²) in [5, 5.41) is 0. The number of amides is 1. The summed E-state index contributed by atoms with van der Waals surface area (Å²) in [6, 6.07) is 10.7. The molecule has 156 valence electrons. The third kappa shape index (κ3) is 5.66. The summed E-state index contributed by atoms with van der Waals surface area (Å²) in [4.78, 5) is 16.3. The summed E-state index contributed by atoms with van der Waals surface area (Å²) in [7, 11) is 0. The molecule has 0 atom stereocenters. The van der Waals surface area contributed by atoms with Crippen LogP contribution in [0.3, 0.4) is 0 Å². The van der Waals surface area contributed by atoms with Crippen LogP contribution in [0.25, 0.3) is 0 Å². The van der Waals surface area contributed by atoms with Gasteiger partial charge in [0.25, 0.3) is 5.91 Å². The van der Waals surface area contributed by atoms with Gasteiger partial charge < -0.3 is 9.64 Å². The fraction of sp³-hybridized carbons (Fsp3) is 0.350. The Labute approximate surface area is 164 Å². The van der Waals surface area contributed by atoms with E-state index < -0.39 is 18.4 Å². The molecule has 1 aliphatic heterocycles. The molecule has 0 unspecified atom stereocenters. The summed E-state index contributed by atoms with van der Waals surface area (Å²) in [6.45, 7) is -0.509. The lowest BCUT2D eigenvalue weighted by Gasteiger charge is -2.34. The summed E-state index contributed by atoms with van der Waals surface area (Å²) in [5.41, 5.74) is 0.337. The van der Waals surface area contributed by atoms with Gasteiger partial charge >= 0.3 is 12.8 Å². The molecule has 29 heavy (non-hydrogen) atoms. The van der Waals surface area contributed by atoms with E-state index in [2.05, 4.69) is 4.74 Å². The van der Waals surface area contributed by atoms with Crippen LogP contribution in [-0.2, 0) is 12.7 Å². The van der Waals surface area contributed by atoms with Gasteiger partial charge in [-0.1, -0.05) is 18.2 Å². The zero-order chi connectivity index (χ0) is 21.0. The monoisotopic (exact) mass is 414 g/mol. The molecule has 1 heterocycles. The van der Waals surface area contributed by atoms with Crippen molar-refractivity contribution in [1.82, 2.24) is 9.80 Å². The molecule has 3 rings (SSSR count). The predicted molar refractivity (Wildman–Crippen MR) is 95.7 cm³/mol. The van der Waals surface area contributed by atoms with Crippen molar-refractivity contribution in [3.63, 3.8) is 0 Å². The second kappa shape index (κ2) is 8.77. The second-order valence-corrected chi connectivity index (χ2v) is 6.67. The fourth-order valence-electron chi connectivity index (χ4n) is 3.15. The topological polar surface area (TPSA) is 32.8 Å². The maximum absolute atomic E-state index is 12.6. The van der Waals surface area contributed by atoms with E-state index in [0.29, 0.717) is 32.7 Å². The first-order chi connectivity index (χ1) is 13.7. The Morgan fingerprint density at radius 1 is 1.00 bits per heavy atom. The molecule has 1 aliphatic rings. The van der Waals surface area contributed by atoms with Gasteiger partial charge in [0.15, 0.2) is 0 Å². The summed E-state index contributed by atoms with van der Waals surface area (Å²) in [5.74, 6) is -0.356. The molecular weight excluding hydrogens is 395 g/mol. The van der Waals surface area contributed by atoms with Crippen molar-refractivity contribution in [1.29, 1.82) is 0 Å². The van der Waals surface area contributed by atoms with Crippen LogP contribution in [-0.4, -0.2) is 48.5 Å². The number of carbonyl (C=O) groups is 1. The molecule has 0 saturated carbocycles. The number of hydrogen-bond donors (Lipinski definition) is 0. The number of rotatable bonds is 5. The van der Waals surface area contributed by atoms with Gasteiger partial charge in [0, 0.05) is 38.3 Å². The van der Waals surface area contributed by atoms with Gasteiger partial charge in [-0.15, -0.1) is 0 Å². The molecule has 0 N–H and O–H groups in total. The molecular formula is C20H19F5N2O2. The van der Waals surface area contributed by atoms with Crippen molar-refractivity contribution in [3.8, 4) is 5.75 Å². The van der Waals surface area contributed by atoms with E-state index in [0.717, 1.165) is 17.7 Å². The number of hydrogen-bond acceptors (Lipinski definition) is 3. The van der Waals surface area contributed by atoms with Crippen LogP contribution in [0.2, 0.25) is 0 Å². The molecule has 1 saturated heterocycles. The van der Waals surface area contributed by atoms with Crippen molar-refractivity contribution >= 4 is 5.91 Å². The number of halogens is 5. The molecule has 0 aromatic heterocycles. The van der Waals surface area contributed by atoms with Gasteiger partial charge in [-0.3, -0.25) is 9.69 Å². The van der Waals surface area contributed by atoms with Crippen molar-refractivity contribution in [2.45, 2.75) is 19.3 Å². The molecule has 0 bridgehead atoms. The van der Waals surface area contributed by atoms with Crippen LogP contribution in [0, 0.1) is 0 Å². The largest absolute Gasteiger partial charge is 0.435 e. The van der Waals surface area contributed by atoms with Gasteiger partial charge in [-0.25, -0.2) is 0 Å². The minimum absolute atomic E-state index is 0.0770. The average Bonchev–Trinajstić information content (AvgIpc) is 2.67. The molecule has 4 nitrogen and oxygen atoms in total. The Bertz CT molecular complexity index is 832. The minimum Gasteiger partial charge on any atom is -0.435 e. The first kappa shape index (κ1) is 21.0. The fourth-order valence-corrected chi connectivity index (χ4v) is 3.15. The van der Waals surface area contributed by atoms with E-state index in [1.807, 2.05) is 4.90 Å². The molecule has 0 aliphatic carbocycles. The highest BCUT2D eigenvalue weighted by Crippen LogP contribution is 2.29. The lowest BCUT2D eigenvalue weighted by atomic mass is 10.1. The van der Waals surface area contributed by atoms with E-state index in [1.54, 1.807) is 4.90 Å². The summed E-state index contributed by atoms with van der Waals surface area (Å²) >= 11 is 0. The van der Waals surface area contributed by atoms with Gasteiger partial charge in [-0.2, -0.15) is 22.0 Å². The third-order valence-corrected chi connectivity index (χ3v) is 4.65. The van der Waals surface area contributed by atoms with Crippen LogP contribution in [0.15, 0.2) is 48.5 Å². The number of ether oxygens (including phenoxy) is 1. The van der Waals surface area contributed by atoms with Gasteiger partial charge in [0.05, 0.1) is 5.56 Å². The summed E-state index contributed by atoms with van der Waals surface area (Å²) < 4.78 is 66.9. The van der Waals surface area contributed by atoms with Gasteiger partial charge in [0.1, 0.15) is 5.75 Å². The maximum atomic E-state index is 12.6. The van der Waals surface area contributed by atoms with E-state index in [-0.39, 0.29) is 17.2 Å². The Hall–Kier alpha value is -2.68. The lowest BCUT2D eigenvalue weighted by molar-refractivity contribution is -0.137. The molecule has 9 heteroatoms. The molecule has 1 fully saturated rings. The third-order valence-electron chi connectivity index (χ3n) is 4.65. The lowest BCUT2D eigenvalue weighted by Crippen LogP contribution is -2.48. The number of piperazine rings is 1. The highest BCUT2D eigenvalue weighted by atomic mass is 19.4. The molecule has 0 radical (unpaired) electrons. The van der Waals surface area contributed by atoms with Crippen LogP contribution >= 0.6 is 0 Å². The summed E-state index contributed by atoms with van der Waals surface area (Å²) in [6.07, 6.45) is -4.36. The van der Waals surface area contributed by atoms with Gasteiger partial charge in [-0.05, 0) is 35.9 Å². The minimum atomic E-state index is -4.36. The highest BCUT2D eigenvalue weighted by molar-refractivity contribution is 5.94. The average molecular weight is 414 g/mol. The normalized spacial score (nSPS) is 15.6. The molecule has 1 amide bonds. The first-order valence-corrected chi connectivity index (χ1v) is 8.95. The number of benzene rings is 2. The Kier molecular flexibility index (Phi) is 6.36. The van der Waals surface area contributed by atoms with Crippen molar-refractivity contribution in [2.24, 2.45) is 0 Å². The number of carbonyl (C=O) groups excluding carboxylic acids is 1. The van der Waals surface area contributed by atoms with E-state index in [4.69, 9.17) is 0 Å². The van der Waals surface area contributed by atoms with Crippen molar-refractivity contribution in [2.75, 3.05) is 26.2 Å². The van der Waals surface area contributed by atoms with Crippen LogP contribution in [0.1, 0.15) is 21.5 Å². The van der Waals surface area contributed by atoms with Gasteiger partial charge in [0.2, 0.25) is 0 Å². The molecule has 0 spiro atoms. The second-order valence-electron chi connectivity index (χ2n) is 6.67. The first-order valence-electron chi connectivity index (χ1n) is 8.95. The Morgan fingerprint density at radius 3 is 2.24 bits per heavy atom. The SMILES string of the molecule is O=C(c1cccc(OC(F)F)c1)N1CCN(Cc2ccc(C(F)(F)F)cc2)CC1. The zero-order valence-corrected chi connectivity index (χ0v) is 15.3.